The average Bonchev–Trinajstić information content (AvgIpc) is 3.67. The predicted octanol–water partition coefficient (Wildman–Crippen LogP) is 7.53. The fourth-order valence-electron chi connectivity index (χ4n) is 11.4. The molecule has 1 aliphatic heterocycles. The molecular formula is C40H45N7O4S. The van der Waals surface area contributed by atoms with E-state index >= 15 is 0 Å². The van der Waals surface area contributed by atoms with Gasteiger partial charge in [-0.25, -0.2) is 19.7 Å². The maximum Gasteiger partial charge on any atom is 0.355 e. The summed E-state index contributed by atoms with van der Waals surface area (Å²) in [6.07, 6.45) is 11.1. The number of ether oxygens (including phenoxy) is 1. The summed E-state index contributed by atoms with van der Waals surface area (Å²) in [6.45, 7) is 8.38. The number of carbonyl (C=O) groups is 1. The molecule has 0 amide bonds. The Morgan fingerprint density at radius 3 is 2.60 bits per heavy atom. The lowest BCUT2D eigenvalue weighted by molar-refractivity contribution is -0.239. The zero-order valence-electron chi connectivity index (χ0n) is 30.1. The van der Waals surface area contributed by atoms with Crippen LogP contribution in [0.1, 0.15) is 80.5 Å². The molecule has 5 aliphatic rings. The number of carboxylic acid groups (broad SMARTS) is 1. The summed E-state index contributed by atoms with van der Waals surface area (Å²) in [4.78, 5) is 28.3. The normalized spacial score (nSPS) is 28.3. The third-order valence-corrected chi connectivity index (χ3v) is 13.3. The predicted molar refractivity (Wildman–Crippen MR) is 201 cm³/mol. The Balaban J connectivity index is 0.997. The van der Waals surface area contributed by atoms with Gasteiger partial charge < -0.3 is 25.2 Å². The summed E-state index contributed by atoms with van der Waals surface area (Å²) in [5.74, 6) is -1.09. The standard InChI is InChI=1S/C40H45N7O4S/c1-24-28(16-42-47(24)23-39-18-37(2)17-38(3,19-39)21-40(20-37,22-39)51-4)27-11-12-29(43-32(27)34(48)49)26-10-9-25-7-6-14-46(30(25)15-26)36(50)45-35-44-33-31(52-35)8-5-13-41-33/h5,8-13,15-16,36,50H,6-7,14,17-23H2,1-4H3,(H,48,49)(H,41,44,45). The first-order valence-electron chi connectivity index (χ1n) is 18.3. The second-order valence-corrected chi connectivity index (χ2v) is 17.8. The van der Waals surface area contributed by atoms with Gasteiger partial charge in [-0.2, -0.15) is 5.10 Å². The van der Waals surface area contributed by atoms with E-state index in [-0.39, 0.29) is 27.5 Å². The average molecular weight is 720 g/mol. The van der Waals surface area contributed by atoms with Crippen molar-refractivity contribution in [3.05, 3.63) is 71.8 Å². The van der Waals surface area contributed by atoms with Gasteiger partial charge in [0.25, 0.3) is 0 Å². The summed E-state index contributed by atoms with van der Waals surface area (Å²) in [6, 6.07) is 13.6. The summed E-state index contributed by atoms with van der Waals surface area (Å²) >= 11 is 1.44. The number of hydrogen-bond acceptors (Lipinski definition) is 10. The van der Waals surface area contributed by atoms with E-state index in [0.29, 0.717) is 28.6 Å². The Bertz CT molecular complexity index is 2180. The van der Waals surface area contributed by atoms with Gasteiger partial charge in [0, 0.05) is 54.5 Å². The van der Waals surface area contributed by atoms with Gasteiger partial charge >= 0.3 is 5.97 Å². The van der Waals surface area contributed by atoms with Gasteiger partial charge in [0.2, 0.25) is 6.35 Å². The van der Waals surface area contributed by atoms with Crippen molar-refractivity contribution in [2.75, 3.05) is 23.9 Å². The Labute approximate surface area is 307 Å². The number of aliphatic hydroxyl groups is 1. The highest BCUT2D eigenvalue weighted by atomic mass is 32.1. The monoisotopic (exact) mass is 719 g/mol. The van der Waals surface area contributed by atoms with Crippen LogP contribution in [0.5, 0.6) is 0 Å². The number of methoxy groups -OCH3 is 1. The van der Waals surface area contributed by atoms with Gasteiger partial charge in [-0.3, -0.25) is 4.68 Å². The van der Waals surface area contributed by atoms with Crippen LogP contribution in [0.2, 0.25) is 0 Å². The van der Waals surface area contributed by atoms with Gasteiger partial charge in [0.15, 0.2) is 16.5 Å². The molecular weight excluding hydrogens is 675 g/mol. The first-order chi connectivity index (χ1) is 24.9. The molecule has 4 saturated carbocycles. The molecule has 12 heteroatoms. The number of aryl methyl sites for hydroxylation is 1. The second-order valence-electron chi connectivity index (χ2n) is 16.8. The summed E-state index contributed by atoms with van der Waals surface area (Å²) < 4.78 is 9.33. The Morgan fingerprint density at radius 1 is 1.04 bits per heavy atom. The van der Waals surface area contributed by atoms with E-state index in [1.54, 1.807) is 12.4 Å². The molecule has 1 aromatic carbocycles. The fourth-order valence-corrected chi connectivity index (χ4v) is 12.3. The van der Waals surface area contributed by atoms with Crippen molar-refractivity contribution in [2.45, 2.75) is 90.6 Å². The number of rotatable bonds is 9. The number of nitrogens with one attached hydrogen (secondary N) is 1. The van der Waals surface area contributed by atoms with E-state index in [4.69, 9.17) is 14.8 Å². The van der Waals surface area contributed by atoms with E-state index in [1.807, 2.05) is 61.4 Å². The molecule has 52 heavy (non-hydrogen) atoms. The van der Waals surface area contributed by atoms with Crippen LogP contribution in [-0.4, -0.2) is 66.5 Å². The quantitative estimate of drug-likeness (QED) is 0.131. The van der Waals surface area contributed by atoms with E-state index in [2.05, 4.69) is 33.8 Å². The number of anilines is 2. The lowest BCUT2D eigenvalue weighted by Crippen LogP contribution is -2.64. The van der Waals surface area contributed by atoms with Crippen LogP contribution in [0.15, 0.2) is 54.9 Å². The number of pyridine rings is 2. The number of thiazole rings is 1. The van der Waals surface area contributed by atoms with Crippen molar-refractivity contribution in [2.24, 2.45) is 16.2 Å². The third-order valence-electron chi connectivity index (χ3n) is 12.3. The molecule has 0 radical (unpaired) electrons. The molecule has 270 valence electrons. The maximum atomic E-state index is 12.8. The molecule has 4 aliphatic carbocycles. The third kappa shape index (κ3) is 5.57. The lowest BCUT2D eigenvalue weighted by atomic mass is 9.39. The van der Waals surface area contributed by atoms with Crippen LogP contribution >= 0.6 is 11.3 Å². The number of aromatic carboxylic acids is 1. The summed E-state index contributed by atoms with van der Waals surface area (Å²) in [5, 5.41) is 30.4. The molecule has 5 heterocycles. The molecule has 3 atom stereocenters. The number of nitrogens with zero attached hydrogens (tertiary/aromatic N) is 6. The maximum absolute atomic E-state index is 12.8. The van der Waals surface area contributed by atoms with Crippen molar-refractivity contribution in [3.63, 3.8) is 0 Å². The van der Waals surface area contributed by atoms with Crippen molar-refractivity contribution in [1.82, 2.24) is 24.7 Å². The van der Waals surface area contributed by atoms with Gasteiger partial charge in [-0.05, 0) is 110 Å². The Hall–Kier alpha value is -4.39. The number of aliphatic hydroxyl groups excluding tert-OH is 1. The zero-order chi connectivity index (χ0) is 36.0. The van der Waals surface area contributed by atoms with Gasteiger partial charge in [0.05, 0.1) is 22.2 Å². The summed E-state index contributed by atoms with van der Waals surface area (Å²) in [7, 11) is 1.89. The molecule has 3 N–H and O–H groups in total. The highest BCUT2D eigenvalue weighted by molar-refractivity contribution is 7.22. The van der Waals surface area contributed by atoms with E-state index in [1.165, 1.54) is 17.8 Å². The molecule has 4 bridgehead atoms. The molecule has 0 spiro atoms. The van der Waals surface area contributed by atoms with Crippen LogP contribution in [0.4, 0.5) is 10.8 Å². The molecule has 4 aromatic heterocycles. The Kier molecular flexibility index (Phi) is 7.60. The second kappa shape index (κ2) is 11.8. The minimum Gasteiger partial charge on any atom is -0.476 e. The zero-order valence-corrected chi connectivity index (χ0v) is 31.0. The van der Waals surface area contributed by atoms with Crippen molar-refractivity contribution < 1.29 is 19.7 Å². The van der Waals surface area contributed by atoms with Crippen LogP contribution in [0.25, 0.3) is 32.7 Å². The summed E-state index contributed by atoms with van der Waals surface area (Å²) in [5.41, 5.74) is 6.79. The van der Waals surface area contributed by atoms with E-state index < -0.39 is 12.3 Å². The highest BCUT2D eigenvalue weighted by Gasteiger charge is 2.66. The van der Waals surface area contributed by atoms with Crippen molar-refractivity contribution in [3.8, 4) is 22.4 Å². The number of aromatic nitrogens is 5. The fraction of sp³-hybridized carbons (Fsp3) is 0.475. The van der Waals surface area contributed by atoms with E-state index in [0.717, 1.165) is 84.3 Å². The molecule has 11 nitrogen and oxygen atoms in total. The molecule has 5 aromatic rings. The molecule has 3 unspecified atom stereocenters. The first-order valence-corrected chi connectivity index (χ1v) is 19.1. The number of carboxylic acids is 1. The molecule has 0 saturated heterocycles. The SMILES string of the molecule is COC12CC3(C)CC(C)(CC(Cn4ncc(-c5ccc(-c6ccc7c(c6)N(C(O)Nc6nc8ncccc8s6)CCC7)nc5C(=O)O)c4C)(C3)C1)C2. The highest BCUT2D eigenvalue weighted by Crippen LogP contribution is 2.72. The minimum absolute atomic E-state index is 0.00552. The van der Waals surface area contributed by atoms with Crippen LogP contribution in [-0.2, 0) is 17.7 Å². The number of fused-ring (bicyclic) bond motifs is 2. The van der Waals surface area contributed by atoms with Crippen LogP contribution in [0.3, 0.4) is 0 Å². The number of benzene rings is 1. The van der Waals surface area contributed by atoms with Gasteiger partial charge in [-0.1, -0.05) is 37.3 Å². The lowest BCUT2D eigenvalue weighted by Gasteiger charge is -2.69. The topological polar surface area (TPSA) is 139 Å². The Morgan fingerprint density at radius 2 is 1.85 bits per heavy atom. The van der Waals surface area contributed by atoms with Crippen molar-refractivity contribution >= 4 is 38.5 Å². The van der Waals surface area contributed by atoms with Gasteiger partial charge in [0.1, 0.15) is 0 Å². The number of hydrogen-bond donors (Lipinski definition) is 3. The van der Waals surface area contributed by atoms with Gasteiger partial charge in [-0.15, -0.1) is 0 Å². The molecule has 10 rings (SSSR count). The van der Waals surface area contributed by atoms with Crippen LogP contribution in [0, 0.1) is 23.2 Å². The minimum atomic E-state index is -1.09. The van der Waals surface area contributed by atoms with E-state index in [9.17, 15) is 15.0 Å². The largest absolute Gasteiger partial charge is 0.476 e. The molecule has 4 fully saturated rings. The smallest absolute Gasteiger partial charge is 0.355 e. The van der Waals surface area contributed by atoms with Crippen LogP contribution < -0.4 is 10.2 Å². The first kappa shape index (κ1) is 33.4. The van der Waals surface area contributed by atoms with Crippen molar-refractivity contribution in [1.29, 1.82) is 0 Å².